The van der Waals surface area contributed by atoms with Crippen LogP contribution in [0.3, 0.4) is 0 Å². The van der Waals surface area contributed by atoms with Gasteiger partial charge in [0.25, 0.3) is 0 Å². The van der Waals surface area contributed by atoms with Gasteiger partial charge in [0.15, 0.2) is 5.82 Å². The molecule has 0 aliphatic rings. The van der Waals surface area contributed by atoms with Crippen molar-refractivity contribution in [1.82, 2.24) is 19.1 Å². The minimum absolute atomic E-state index is 0.824. The molecule has 4 heteroatoms. The van der Waals surface area contributed by atoms with Crippen LogP contribution in [0.1, 0.15) is 0 Å². The predicted molar refractivity (Wildman–Crippen MR) is 199 cm³/mol. The second-order valence-electron chi connectivity index (χ2n) is 12.3. The van der Waals surface area contributed by atoms with E-state index in [1.807, 2.05) is 30.3 Å². The topological polar surface area (TPSA) is 35.6 Å². The number of hydrogen-bond donors (Lipinski definition) is 0. The molecule has 48 heavy (non-hydrogen) atoms. The lowest BCUT2D eigenvalue weighted by atomic mass is 10.1. The van der Waals surface area contributed by atoms with Gasteiger partial charge in [-0.15, -0.1) is 0 Å². The van der Waals surface area contributed by atoms with Crippen molar-refractivity contribution in [2.24, 2.45) is 0 Å². The maximum absolute atomic E-state index is 5.32. The average molecular weight is 613 g/mol. The fraction of sp³-hybridized carbons (Fsp3) is 0. The van der Waals surface area contributed by atoms with Gasteiger partial charge in [-0.2, -0.15) is 0 Å². The van der Waals surface area contributed by atoms with Crippen molar-refractivity contribution < 1.29 is 0 Å². The molecule has 0 saturated carbocycles. The molecule has 0 atom stereocenters. The molecule has 10 aromatic rings. The van der Waals surface area contributed by atoms with E-state index in [2.05, 4.69) is 149 Å². The molecule has 0 fully saturated rings. The van der Waals surface area contributed by atoms with Gasteiger partial charge < -0.3 is 4.57 Å². The molecule has 224 valence electrons. The highest BCUT2D eigenvalue weighted by molar-refractivity contribution is 6.19. The first-order valence-electron chi connectivity index (χ1n) is 16.3. The van der Waals surface area contributed by atoms with Gasteiger partial charge in [0.1, 0.15) is 5.69 Å². The third kappa shape index (κ3) is 4.03. The van der Waals surface area contributed by atoms with Crippen LogP contribution in [-0.2, 0) is 0 Å². The molecule has 4 nitrogen and oxygen atoms in total. The predicted octanol–water partition coefficient (Wildman–Crippen LogP) is 11.2. The summed E-state index contributed by atoms with van der Waals surface area (Å²) in [6.45, 7) is 0. The summed E-state index contributed by atoms with van der Waals surface area (Å²) < 4.78 is 4.72. The fourth-order valence-corrected chi connectivity index (χ4v) is 7.33. The van der Waals surface area contributed by atoms with Gasteiger partial charge in [-0.1, -0.05) is 121 Å². The zero-order valence-corrected chi connectivity index (χ0v) is 26.0. The van der Waals surface area contributed by atoms with Crippen molar-refractivity contribution >= 4 is 54.6 Å². The van der Waals surface area contributed by atoms with E-state index in [0.717, 1.165) is 44.8 Å². The van der Waals surface area contributed by atoms with E-state index >= 15 is 0 Å². The van der Waals surface area contributed by atoms with Gasteiger partial charge in [0, 0.05) is 32.8 Å². The van der Waals surface area contributed by atoms with Crippen LogP contribution in [0, 0.1) is 0 Å². The number of aromatic nitrogens is 4. The van der Waals surface area contributed by atoms with Gasteiger partial charge in [-0.25, -0.2) is 9.97 Å². The normalized spacial score (nSPS) is 11.8. The summed E-state index contributed by atoms with van der Waals surface area (Å²) in [6, 6.07) is 60.1. The van der Waals surface area contributed by atoms with Crippen LogP contribution in [0.2, 0.25) is 0 Å². The van der Waals surface area contributed by atoms with Crippen LogP contribution < -0.4 is 0 Å². The largest absolute Gasteiger partial charge is 0.309 e. The Labute approximate surface area is 276 Å². The van der Waals surface area contributed by atoms with E-state index in [1.165, 1.54) is 43.7 Å². The first-order chi connectivity index (χ1) is 23.8. The maximum Gasteiger partial charge on any atom is 0.165 e. The van der Waals surface area contributed by atoms with E-state index < -0.39 is 0 Å². The zero-order valence-electron chi connectivity index (χ0n) is 26.0. The number of nitrogens with zero attached hydrogens (tertiary/aromatic N) is 4. The summed E-state index contributed by atoms with van der Waals surface area (Å²) in [5.41, 5.74) is 11.7. The summed E-state index contributed by atoms with van der Waals surface area (Å²) in [5, 5.41) is 4.76. The van der Waals surface area contributed by atoms with E-state index in [9.17, 15) is 0 Å². The number of benzene rings is 7. The van der Waals surface area contributed by atoms with Crippen molar-refractivity contribution in [3.05, 3.63) is 170 Å². The Bertz CT molecular complexity index is 2830. The van der Waals surface area contributed by atoms with Crippen molar-refractivity contribution in [1.29, 1.82) is 0 Å². The minimum atomic E-state index is 0.824. The SMILES string of the molecule is c1ccc(-c2cccc(-n3c4ccccc4c4cc5c(cc43)c3ccccc3n5-c3nc4ccccc4nc3-c3ccccc3)c2)cc1. The van der Waals surface area contributed by atoms with Crippen LogP contribution in [0.25, 0.3) is 88.5 Å². The van der Waals surface area contributed by atoms with Crippen molar-refractivity contribution in [3.8, 4) is 33.9 Å². The molecular formula is C44H28N4. The molecule has 0 aliphatic heterocycles. The molecule has 3 heterocycles. The summed E-state index contributed by atoms with van der Waals surface area (Å²) >= 11 is 0. The van der Waals surface area contributed by atoms with Crippen LogP contribution >= 0.6 is 0 Å². The van der Waals surface area contributed by atoms with Gasteiger partial charge >= 0.3 is 0 Å². The smallest absolute Gasteiger partial charge is 0.165 e. The fourth-order valence-electron chi connectivity index (χ4n) is 7.33. The second-order valence-corrected chi connectivity index (χ2v) is 12.3. The van der Waals surface area contributed by atoms with E-state index in [0.29, 0.717) is 0 Å². The van der Waals surface area contributed by atoms with E-state index in [4.69, 9.17) is 9.97 Å². The van der Waals surface area contributed by atoms with E-state index in [-0.39, 0.29) is 0 Å². The lowest BCUT2D eigenvalue weighted by molar-refractivity contribution is 1.08. The minimum Gasteiger partial charge on any atom is -0.309 e. The molecule has 0 amide bonds. The third-order valence-corrected chi connectivity index (χ3v) is 9.49. The summed E-state index contributed by atoms with van der Waals surface area (Å²) in [5.74, 6) is 0.824. The molecule has 0 radical (unpaired) electrons. The molecule has 7 aromatic carbocycles. The zero-order chi connectivity index (χ0) is 31.6. The van der Waals surface area contributed by atoms with Gasteiger partial charge in [0.05, 0.1) is 33.1 Å². The van der Waals surface area contributed by atoms with E-state index in [1.54, 1.807) is 0 Å². The molecule has 0 saturated heterocycles. The van der Waals surface area contributed by atoms with Crippen LogP contribution in [0.5, 0.6) is 0 Å². The summed E-state index contributed by atoms with van der Waals surface area (Å²) in [4.78, 5) is 10.5. The monoisotopic (exact) mass is 612 g/mol. The van der Waals surface area contributed by atoms with Crippen molar-refractivity contribution in [3.63, 3.8) is 0 Å². The molecular weight excluding hydrogens is 585 g/mol. The standard InChI is InChI=1S/C44H28N4/c1-3-14-29(15-4-1)31-18-13-19-32(26-31)47-39-24-11-7-20-33(39)35-28-42-36(27-41(35)47)34-21-8-12-25-40(34)48(42)44-43(30-16-5-2-6-17-30)45-37-22-9-10-23-38(37)46-44/h1-28H. The van der Waals surface area contributed by atoms with Crippen molar-refractivity contribution in [2.45, 2.75) is 0 Å². The second kappa shape index (κ2) is 10.5. The Morgan fingerprint density at radius 2 is 0.854 bits per heavy atom. The van der Waals surface area contributed by atoms with Gasteiger partial charge in [-0.3, -0.25) is 4.57 Å². The number of para-hydroxylation sites is 4. The highest BCUT2D eigenvalue weighted by atomic mass is 15.1. The Balaban J connectivity index is 1.31. The third-order valence-electron chi connectivity index (χ3n) is 9.49. The molecule has 0 N–H and O–H groups in total. The maximum atomic E-state index is 5.32. The Hall–Kier alpha value is -6.52. The van der Waals surface area contributed by atoms with Crippen LogP contribution in [0.15, 0.2) is 170 Å². The van der Waals surface area contributed by atoms with Crippen molar-refractivity contribution in [2.75, 3.05) is 0 Å². The quantitative estimate of drug-likeness (QED) is 0.198. The molecule has 3 aromatic heterocycles. The molecule has 0 aliphatic carbocycles. The first kappa shape index (κ1) is 26.7. The number of fused-ring (bicyclic) bond motifs is 7. The molecule has 0 unspecified atom stereocenters. The Kier molecular flexibility index (Phi) is 5.84. The Morgan fingerprint density at radius 1 is 0.333 bits per heavy atom. The average Bonchev–Trinajstić information content (AvgIpc) is 3.66. The van der Waals surface area contributed by atoms with Crippen LogP contribution in [-0.4, -0.2) is 19.1 Å². The Morgan fingerprint density at radius 3 is 1.54 bits per heavy atom. The molecule has 0 bridgehead atoms. The van der Waals surface area contributed by atoms with Gasteiger partial charge in [0.2, 0.25) is 0 Å². The lowest BCUT2D eigenvalue weighted by Crippen LogP contribution is -2.03. The first-order valence-corrected chi connectivity index (χ1v) is 16.3. The highest BCUT2D eigenvalue weighted by Gasteiger charge is 2.22. The lowest BCUT2D eigenvalue weighted by Gasteiger charge is -2.14. The summed E-state index contributed by atoms with van der Waals surface area (Å²) in [7, 11) is 0. The summed E-state index contributed by atoms with van der Waals surface area (Å²) in [6.07, 6.45) is 0. The van der Waals surface area contributed by atoms with Gasteiger partial charge in [-0.05, 0) is 59.7 Å². The number of rotatable bonds is 4. The molecule has 0 spiro atoms. The highest BCUT2D eigenvalue weighted by Crippen LogP contribution is 2.41. The van der Waals surface area contributed by atoms with Crippen LogP contribution in [0.4, 0.5) is 0 Å². The molecule has 10 rings (SSSR count). The number of hydrogen-bond acceptors (Lipinski definition) is 2.